The highest BCUT2D eigenvalue weighted by Crippen LogP contribution is 2.12. The van der Waals surface area contributed by atoms with Crippen LogP contribution in [0.3, 0.4) is 0 Å². The second kappa shape index (κ2) is 8.43. The molecule has 0 fully saturated rings. The second-order valence-corrected chi connectivity index (χ2v) is 5.90. The van der Waals surface area contributed by atoms with E-state index in [0.717, 1.165) is 42.8 Å². The number of hydrogen-bond donors (Lipinski definition) is 1. The molecule has 1 aromatic carbocycles. The van der Waals surface area contributed by atoms with E-state index in [9.17, 15) is 9.59 Å². The summed E-state index contributed by atoms with van der Waals surface area (Å²) in [4.78, 5) is 31.4. The molecule has 128 valence electrons. The zero-order valence-electron chi connectivity index (χ0n) is 14.5. The van der Waals surface area contributed by atoms with Crippen LogP contribution in [0, 0.1) is 6.92 Å². The van der Waals surface area contributed by atoms with Gasteiger partial charge < -0.3 is 9.72 Å². The Labute approximate surface area is 142 Å². The maximum atomic E-state index is 12.4. The Kier molecular flexibility index (Phi) is 6.29. The highest BCUT2D eigenvalue weighted by atomic mass is 16.5. The highest BCUT2D eigenvalue weighted by Gasteiger charge is 2.11. The number of carbonyl (C=O) groups is 1. The number of H-pyrrole nitrogens is 1. The molecule has 0 saturated heterocycles. The van der Waals surface area contributed by atoms with Crippen LogP contribution in [0.2, 0.25) is 0 Å². The molecule has 0 amide bonds. The lowest BCUT2D eigenvalue weighted by molar-refractivity contribution is 0.0600. The van der Waals surface area contributed by atoms with Gasteiger partial charge in [0.1, 0.15) is 5.82 Å². The minimum absolute atomic E-state index is 0.0996. The monoisotopic (exact) mass is 328 g/mol. The molecule has 1 aromatic heterocycles. The molecule has 0 bridgehead atoms. The number of esters is 1. The molecule has 0 unspecified atom stereocenters. The van der Waals surface area contributed by atoms with Gasteiger partial charge >= 0.3 is 5.97 Å². The maximum Gasteiger partial charge on any atom is 0.337 e. The van der Waals surface area contributed by atoms with Gasteiger partial charge in [-0.2, -0.15) is 0 Å². The number of nitrogens with zero attached hydrogens (tertiary/aromatic N) is 1. The molecule has 2 rings (SSSR count). The zero-order chi connectivity index (χ0) is 17.5. The first-order chi connectivity index (χ1) is 11.5. The van der Waals surface area contributed by atoms with Gasteiger partial charge in [-0.1, -0.05) is 31.9 Å². The molecule has 5 nitrogen and oxygen atoms in total. The van der Waals surface area contributed by atoms with E-state index in [1.165, 1.54) is 7.11 Å². The number of aromatic nitrogens is 2. The Morgan fingerprint density at radius 1 is 1.29 bits per heavy atom. The van der Waals surface area contributed by atoms with Crippen molar-refractivity contribution in [2.45, 2.75) is 46.0 Å². The molecule has 0 spiro atoms. The fourth-order valence-electron chi connectivity index (χ4n) is 2.67. The summed E-state index contributed by atoms with van der Waals surface area (Å²) in [6.45, 7) is 4.00. The number of methoxy groups -OCH3 is 1. The summed E-state index contributed by atoms with van der Waals surface area (Å²) in [6.07, 6.45) is 4.53. The van der Waals surface area contributed by atoms with Crippen LogP contribution in [0.1, 0.15) is 59.2 Å². The molecule has 0 aliphatic carbocycles. The van der Waals surface area contributed by atoms with Crippen molar-refractivity contribution in [1.29, 1.82) is 0 Å². The lowest BCUT2D eigenvalue weighted by Gasteiger charge is -2.08. The fraction of sp³-hybridized carbons (Fsp3) is 0.421. The predicted octanol–water partition coefficient (Wildman–Crippen LogP) is 3.19. The lowest BCUT2D eigenvalue weighted by atomic mass is 10.0. The SMILES string of the molecule is CCCCCc1nc(C)c(Cc2cccc(C(=O)OC)c2)c(=O)[nH]1. The van der Waals surface area contributed by atoms with E-state index in [4.69, 9.17) is 4.74 Å². The summed E-state index contributed by atoms with van der Waals surface area (Å²) in [5.41, 5.74) is 2.64. The highest BCUT2D eigenvalue weighted by molar-refractivity contribution is 5.89. The number of benzene rings is 1. The van der Waals surface area contributed by atoms with Gasteiger partial charge in [-0.05, 0) is 31.0 Å². The van der Waals surface area contributed by atoms with E-state index in [1.54, 1.807) is 18.2 Å². The van der Waals surface area contributed by atoms with Crippen LogP contribution in [0.4, 0.5) is 0 Å². The van der Waals surface area contributed by atoms with E-state index < -0.39 is 0 Å². The summed E-state index contributed by atoms with van der Waals surface area (Å²) in [6, 6.07) is 7.12. The number of aryl methyl sites for hydroxylation is 2. The van der Waals surface area contributed by atoms with Crippen molar-refractivity contribution in [3.8, 4) is 0 Å². The largest absolute Gasteiger partial charge is 0.465 e. The third-order valence-corrected chi connectivity index (χ3v) is 4.02. The Hall–Kier alpha value is -2.43. The molecule has 0 aliphatic rings. The number of nitrogens with one attached hydrogen (secondary N) is 1. The first kappa shape index (κ1) is 17.9. The molecular weight excluding hydrogens is 304 g/mol. The standard InChI is InChI=1S/C19H24N2O3/c1-4-5-6-10-17-20-13(2)16(18(22)21-17)12-14-8-7-9-15(11-14)19(23)24-3/h7-9,11H,4-6,10,12H2,1-3H3,(H,20,21,22). The van der Waals surface area contributed by atoms with E-state index in [0.29, 0.717) is 17.5 Å². The minimum atomic E-state index is -0.383. The maximum absolute atomic E-state index is 12.4. The quantitative estimate of drug-likeness (QED) is 0.626. The van der Waals surface area contributed by atoms with Gasteiger partial charge in [-0.15, -0.1) is 0 Å². The van der Waals surface area contributed by atoms with Crippen molar-refractivity contribution in [3.05, 3.63) is 62.8 Å². The fourth-order valence-corrected chi connectivity index (χ4v) is 2.67. The van der Waals surface area contributed by atoms with Crippen LogP contribution in [0.5, 0.6) is 0 Å². The van der Waals surface area contributed by atoms with Crippen LogP contribution in [-0.2, 0) is 17.6 Å². The summed E-state index contributed by atoms with van der Waals surface area (Å²) in [5.74, 6) is 0.366. The van der Waals surface area contributed by atoms with Crippen LogP contribution >= 0.6 is 0 Å². The summed E-state index contributed by atoms with van der Waals surface area (Å²) < 4.78 is 4.73. The first-order valence-corrected chi connectivity index (χ1v) is 8.31. The number of carbonyl (C=O) groups excluding carboxylic acids is 1. The summed E-state index contributed by atoms with van der Waals surface area (Å²) in [7, 11) is 1.35. The first-order valence-electron chi connectivity index (χ1n) is 8.31. The van der Waals surface area contributed by atoms with Gasteiger partial charge in [0.25, 0.3) is 5.56 Å². The van der Waals surface area contributed by atoms with Gasteiger partial charge in [0.05, 0.1) is 12.7 Å². The van der Waals surface area contributed by atoms with E-state index in [-0.39, 0.29) is 11.5 Å². The molecule has 0 aliphatic heterocycles. The number of aromatic amines is 1. The van der Waals surface area contributed by atoms with Crippen LogP contribution in [0.25, 0.3) is 0 Å². The van der Waals surface area contributed by atoms with E-state index >= 15 is 0 Å². The molecule has 1 heterocycles. The van der Waals surface area contributed by atoms with Crippen LogP contribution in [-0.4, -0.2) is 23.0 Å². The number of ether oxygens (including phenoxy) is 1. The summed E-state index contributed by atoms with van der Waals surface area (Å²) in [5, 5.41) is 0. The number of hydrogen-bond acceptors (Lipinski definition) is 4. The third-order valence-electron chi connectivity index (χ3n) is 4.02. The third kappa shape index (κ3) is 4.54. The molecule has 2 aromatic rings. The van der Waals surface area contributed by atoms with Crippen molar-refractivity contribution >= 4 is 5.97 Å². The molecule has 5 heteroatoms. The molecule has 0 saturated carbocycles. The Morgan fingerprint density at radius 3 is 2.75 bits per heavy atom. The zero-order valence-corrected chi connectivity index (χ0v) is 14.5. The Balaban J connectivity index is 2.21. The van der Waals surface area contributed by atoms with Crippen LogP contribution in [0.15, 0.2) is 29.1 Å². The van der Waals surface area contributed by atoms with Crippen molar-refractivity contribution < 1.29 is 9.53 Å². The van der Waals surface area contributed by atoms with Gasteiger partial charge in [-0.25, -0.2) is 9.78 Å². The van der Waals surface area contributed by atoms with Gasteiger partial charge in [0.15, 0.2) is 0 Å². The topological polar surface area (TPSA) is 72.0 Å². The lowest BCUT2D eigenvalue weighted by Crippen LogP contribution is -2.19. The molecular formula is C19H24N2O3. The summed E-state index contributed by atoms with van der Waals surface area (Å²) >= 11 is 0. The average Bonchev–Trinajstić information content (AvgIpc) is 2.58. The van der Waals surface area contributed by atoms with Crippen molar-refractivity contribution in [2.75, 3.05) is 7.11 Å². The number of unbranched alkanes of at least 4 members (excludes halogenated alkanes) is 2. The van der Waals surface area contributed by atoms with E-state index in [1.807, 2.05) is 13.0 Å². The minimum Gasteiger partial charge on any atom is -0.465 e. The van der Waals surface area contributed by atoms with Crippen molar-refractivity contribution in [3.63, 3.8) is 0 Å². The van der Waals surface area contributed by atoms with Crippen molar-refractivity contribution in [2.24, 2.45) is 0 Å². The molecule has 0 radical (unpaired) electrons. The second-order valence-electron chi connectivity index (χ2n) is 5.90. The average molecular weight is 328 g/mol. The normalized spacial score (nSPS) is 10.6. The van der Waals surface area contributed by atoms with Crippen molar-refractivity contribution in [1.82, 2.24) is 9.97 Å². The molecule has 0 atom stereocenters. The van der Waals surface area contributed by atoms with Gasteiger partial charge in [0, 0.05) is 24.1 Å². The Bertz CT molecular complexity index is 765. The van der Waals surface area contributed by atoms with Crippen LogP contribution < -0.4 is 5.56 Å². The molecule has 1 N–H and O–H groups in total. The smallest absolute Gasteiger partial charge is 0.337 e. The Morgan fingerprint density at radius 2 is 2.08 bits per heavy atom. The van der Waals surface area contributed by atoms with E-state index in [2.05, 4.69) is 16.9 Å². The number of rotatable bonds is 7. The van der Waals surface area contributed by atoms with Gasteiger partial charge in [0.2, 0.25) is 0 Å². The predicted molar refractivity (Wildman–Crippen MR) is 93.4 cm³/mol. The molecule has 24 heavy (non-hydrogen) atoms. The van der Waals surface area contributed by atoms with Gasteiger partial charge in [-0.3, -0.25) is 4.79 Å².